The fourth-order valence-corrected chi connectivity index (χ4v) is 4.40. The topological polar surface area (TPSA) is 56.6 Å². The number of nitrogens with zero attached hydrogens (tertiary/aromatic N) is 3. The predicted octanol–water partition coefficient (Wildman–Crippen LogP) is 3.36. The number of ether oxygens (including phenoxy) is 2. The molecule has 0 saturated carbocycles. The van der Waals surface area contributed by atoms with Crippen molar-refractivity contribution in [3.05, 3.63) is 59.9 Å². The highest BCUT2D eigenvalue weighted by molar-refractivity contribution is 5.97. The predicted molar refractivity (Wildman–Crippen MR) is 110 cm³/mol. The van der Waals surface area contributed by atoms with Gasteiger partial charge in [0.15, 0.2) is 0 Å². The molecule has 3 aromatic rings. The summed E-state index contributed by atoms with van der Waals surface area (Å²) in [5.41, 5.74) is 4.40. The van der Waals surface area contributed by atoms with Crippen molar-refractivity contribution in [3.8, 4) is 5.69 Å². The van der Waals surface area contributed by atoms with Crippen molar-refractivity contribution >= 4 is 16.9 Å². The van der Waals surface area contributed by atoms with Crippen LogP contribution in [0.15, 0.2) is 48.8 Å². The summed E-state index contributed by atoms with van der Waals surface area (Å²) in [6, 6.07) is 14.1. The number of fused-ring (bicyclic) bond motifs is 1. The van der Waals surface area contributed by atoms with Crippen LogP contribution in [0.25, 0.3) is 16.7 Å². The summed E-state index contributed by atoms with van der Waals surface area (Å²) in [4.78, 5) is 19.6. The number of carbonyl (C=O) groups is 1. The Kier molecular flexibility index (Phi) is 4.60. The molecule has 6 heteroatoms. The van der Waals surface area contributed by atoms with Crippen LogP contribution in [0.3, 0.4) is 0 Å². The third kappa shape index (κ3) is 3.43. The fraction of sp³-hybridized carbons (Fsp3) is 0.391. The molecule has 2 aromatic carbocycles. The first-order chi connectivity index (χ1) is 14.1. The minimum atomic E-state index is -0.344. The molecular weight excluding hydrogens is 366 g/mol. The van der Waals surface area contributed by atoms with Gasteiger partial charge in [0.25, 0.3) is 5.91 Å². The van der Waals surface area contributed by atoms with Crippen molar-refractivity contribution in [2.45, 2.75) is 25.4 Å². The molecule has 29 heavy (non-hydrogen) atoms. The van der Waals surface area contributed by atoms with Gasteiger partial charge in [-0.1, -0.05) is 12.1 Å². The van der Waals surface area contributed by atoms with Crippen LogP contribution < -0.4 is 0 Å². The van der Waals surface area contributed by atoms with Crippen LogP contribution in [0.2, 0.25) is 0 Å². The molecule has 2 fully saturated rings. The van der Waals surface area contributed by atoms with Gasteiger partial charge in [0.05, 0.1) is 30.8 Å². The maximum absolute atomic E-state index is 13.2. The number of imidazole rings is 1. The van der Waals surface area contributed by atoms with Gasteiger partial charge >= 0.3 is 0 Å². The van der Waals surface area contributed by atoms with Crippen molar-refractivity contribution in [1.82, 2.24) is 14.5 Å². The van der Waals surface area contributed by atoms with Crippen molar-refractivity contribution in [2.24, 2.45) is 0 Å². The van der Waals surface area contributed by atoms with Gasteiger partial charge in [-0.15, -0.1) is 0 Å². The van der Waals surface area contributed by atoms with Gasteiger partial charge < -0.3 is 14.4 Å². The molecule has 1 atom stereocenters. The van der Waals surface area contributed by atoms with Gasteiger partial charge in [-0.2, -0.15) is 0 Å². The minimum absolute atomic E-state index is 0.0326. The quantitative estimate of drug-likeness (QED) is 0.672. The molecule has 1 unspecified atom stereocenters. The zero-order valence-corrected chi connectivity index (χ0v) is 16.6. The SMILES string of the molecule is Cc1cccc(-n2cnc3cc(C(=O)N4CCOC5(CCCOC5)C4)ccc32)c1. The number of carbonyl (C=O) groups excluding carboxylic acids is 1. The summed E-state index contributed by atoms with van der Waals surface area (Å²) in [5.74, 6) is 0.0326. The van der Waals surface area contributed by atoms with Crippen molar-refractivity contribution in [1.29, 1.82) is 0 Å². The molecule has 5 rings (SSSR count). The van der Waals surface area contributed by atoms with Crippen molar-refractivity contribution < 1.29 is 14.3 Å². The number of hydrogen-bond donors (Lipinski definition) is 0. The number of amides is 1. The van der Waals surface area contributed by atoms with Crippen molar-refractivity contribution in [3.63, 3.8) is 0 Å². The van der Waals surface area contributed by atoms with Crippen LogP contribution in [-0.2, 0) is 9.47 Å². The van der Waals surface area contributed by atoms with Gasteiger partial charge in [0.1, 0.15) is 11.9 Å². The van der Waals surface area contributed by atoms with E-state index in [0.29, 0.717) is 31.9 Å². The summed E-state index contributed by atoms with van der Waals surface area (Å²) >= 11 is 0. The number of morpholine rings is 1. The van der Waals surface area contributed by atoms with E-state index in [1.807, 2.05) is 35.5 Å². The van der Waals surface area contributed by atoms with E-state index >= 15 is 0 Å². The van der Waals surface area contributed by atoms with Crippen LogP contribution in [0, 0.1) is 6.92 Å². The zero-order chi connectivity index (χ0) is 19.8. The van der Waals surface area contributed by atoms with E-state index in [2.05, 4.69) is 34.7 Å². The standard InChI is InChI=1S/C23H25N3O3/c1-17-4-2-5-19(12-17)26-16-24-20-13-18(6-7-21(20)26)22(27)25-9-11-29-23(14-25)8-3-10-28-15-23/h2,4-7,12-13,16H,3,8-11,14-15H2,1H3. The second-order valence-electron chi connectivity index (χ2n) is 8.07. The van der Waals surface area contributed by atoms with Gasteiger partial charge in [0.2, 0.25) is 0 Å². The Morgan fingerprint density at radius 2 is 2.10 bits per heavy atom. The summed E-state index contributed by atoms with van der Waals surface area (Å²) < 4.78 is 13.7. The normalized spacial score (nSPS) is 22.3. The summed E-state index contributed by atoms with van der Waals surface area (Å²) in [5, 5.41) is 0. The first-order valence-electron chi connectivity index (χ1n) is 10.2. The van der Waals surface area contributed by atoms with Gasteiger partial charge in [-0.25, -0.2) is 4.98 Å². The Bertz CT molecular complexity index is 1050. The highest BCUT2D eigenvalue weighted by Gasteiger charge is 2.40. The second-order valence-corrected chi connectivity index (χ2v) is 8.07. The lowest BCUT2D eigenvalue weighted by atomic mass is 9.94. The fourth-order valence-electron chi connectivity index (χ4n) is 4.40. The molecule has 0 aliphatic carbocycles. The highest BCUT2D eigenvalue weighted by atomic mass is 16.5. The molecule has 3 heterocycles. The molecule has 1 aromatic heterocycles. The maximum Gasteiger partial charge on any atom is 0.254 e. The zero-order valence-electron chi connectivity index (χ0n) is 16.6. The number of aryl methyl sites for hydroxylation is 1. The molecule has 2 saturated heterocycles. The smallest absolute Gasteiger partial charge is 0.254 e. The van der Waals surface area contributed by atoms with Gasteiger partial charge in [0, 0.05) is 24.4 Å². The third-order valence-electron chi connectivity index (χ3n) is 5.90. The molecule has 1 spiro atoms. The van der Waals surface area contributed by atoms with Gasteiger partial charge in [-0.05, 0) is 55.7 Å². The first kappa shape index (κ1) is 18.3. The number of rotatable bonds is 2. The van der Waals surface area contributed by atoms with Crippen LogP contribution in [0.1, 0.15) is 28.8 Å². The van der Waals surface area contributed by atoms with E-state index in [1.165, 1.54) is 5.56 Å². The average molecular weight is 391 g/mol. The first-order valence-corrected chi connectivity index (χ1v) is 10.2. The molecular formula is C23H25N3O3. The Hall–Kier alpha value is -2.70. The molecule has 6 nitrogen and oxygen atoms in total. The monoisotopic (exact) mass is 391 g/mol. The highest BCUT2D eigenvalue weighted by Crippen LogP contribution is 2.29. The number of hydrogen-bond acceptors (Lipinski definition) is 4. The molecule has 0 radical (unpaired) electrons. The second kappa shape index (κ2) is 7.28. The largest absolute Gasteiger partial charge is 0.378 e. The van der Waals surface area contributed by atoms with Crippen LogP contribution in [-0.4, -0.2) is 58.9 Å². The average Bonchev–Trinajstić information content (AvgIpc) is 3.17. The lowest BCUT2D eigenvalue weighted by molar-refractivity contribution is -0.160. The lowest BCUT2D eigenvalue weighted by Gasteiger charge is -2.44. The van der Waals surface area contributed by atoms with Crippen molar-refractivity contribution in [2.75, 3.05) is 32.9 Å². The Balaban J connectivity index is 1.41. The molecule has 0 N–H and O–H groups in total. The van der Waals surface area contributed by atoms with E-state index in [4.69, 9.17) is 9.47 Å². The molecule has 0 bridgehead atoms. The maximum atomic E-state index is 13.2. The Morgan fingerprint density at radius 1 is 1.17 bits per heavy atom. The van der Waals surface area contributed by atoms with Crippen LogP contribution >= 0.6 is 0 Å². The summed E-state index contributed by atoms with van der Waals surface area (Å²) in [6.07, 6.45) is 3.73. The molecule has 1 amide bonds. The number of benzene rings is 2. The van der Waals surface area contributed by atoms with E-state index < -0.39 is 0 Å². The van der Waals surface area contributed by atoms with E-state index in [1.54, 1.807) is 0 Å². The third-order valence-corrected chi connectivity index (χ3v) is 5.90. The summed E-state index contributed by atoms with van der Waals surface area (Å²) in [7, 11) is 0. The van der Waals surface area contributed by atoms with E-state index in [0.717, 1.165) is 36.2 Å². The molecule has 2 aliphatic rings. The van der Waals surface area contributed by atoms with E-state index in [9.17, 15) is 4.79 Å². The number of aromatic nitrogens is 2. The summed E-state index contributed by atoms with van der Waals surface area (Å²) in [6.45, 7) is 5.17. The minimum Gasteiger partial charge on any atom is -0.378 e. The van der Waals surface area contributed by atoms with Gasteiger partial charge in [-0.3, -0.25) is 9.36 Å². The molecule has 150 valence electrons. The van der Waals surface area contributed by atoms with Crippen LogP contribution in [0.5, 0.6) is 0 Å². The Labute approximate surface area is 170 Å². The van der Waals surface area contributed by atoms with Crippen LogP contribution in [0.4, 0.5) is 0 Å². The molecule has 2 aliphatic heterocycles. The Morgan fingerprint density at radius 3 is 2.93 bits per heavy atom. The lowest BCUT2D eigenvalue weighted by Crippen LogP contribution is -2.57. The van der Waals surface area contributed by atoms with E-state index in [-0.39, 0.29) is 11.5 Å².